The molecule has 4 rings (SSSR count). The van der Waals surface area contributed by atoms with Crippen LogP contribution in [0.25, 0.3) is 10.2 Å². The standard InChI is InChI=1S/C23H32N4O2S/c1-15(19-24-17-8-6-7-9-18(17)30-19)26(5)14-27-20(28)23(25-21(27)29)12-10-16(11-13-23)22(2,3)4/h6-9,15-16H,10-14H2,1-5H3,(H,25,29)/t15-,16?,23?/m0/s1. The SMILES string of the molecule is C[C@@H](c1nc2ccccc2s1)N(C)CN1C(=O)NC2(CCC(C(C)(C)C)CC2)C1=O. The van der Waals surface area contributed by atoms with Gasteiger partial charge in [0.05, 0.1) is 22.9 Å². The Bertz CT molecular complexity index is 923. The molecule has 2 heterocycles. The van der Waals surface area contributed by atoms with Crippen molar-refractivity contribution < 1.29 is 9.59 Å². The van der Waals surface area contributed by atoms with E-state index in [1.54, 1.807) is 11.3 Å². The smallest absolute Gasteiger partial charge is 0.323 e. The molecule has 0 radical (unpaired) electrons. The van der Waals surface area contributed by atoms with Crippen molar-refractivity contribution in [3.05, 3.63) is 29.3 Å². The Morgan fingerprint density at radius 1 is 1.27 bits per heavy atom. The van der Waals surface area contributed by atoms with Crippen LogP contribution in [-0.2, 0) is 4.79 Å². The number of benzene rings is 1. The van der Waals surface area contributed by atoms with Crippen LogP contribution in [0.3, 0.4) is 0 Å². The van der Waals surface area contributed by atoms with E-state index < -0.39 is 5.54 Å². The monoisotopic (exact) mass is 428 g/mol. The quantitative estimate of drug-likeness (QED) is 0.712. The molecule has 1 spiro atoms. The number of aromatic nitrogens is 1. The highest BCUT2D eigenvalue weighted by atomic mass is 32.1. The van der Waals surface area contributed by atoms with Crippen LogP contribution in [0.15, 0.2) is 24.3 Å². The van der Waals surface area contributed by atoms with E-state index >= 15 is 0 Å². The first-order valence-electron chi connectivity index (χ1n) is 10.8. The van der Waals surface area contributed by atoms with Gasteiger partial charge in [0.15, 0.2) is 0 Å². The molecule has 3 amide bonds. The molecule has 2 aromatic rings. The molecule has 6 nitrogen and oxygen atoms in total. The number of hydrogen-bond acceptors (Lipinski definition) is 5. The molecule has 1 N–H and O–H groups in total. The van der Waals surface area contributed by atoms with Gasteiger partial charge in [-0.15, -0.1) is 11.3 Å². The van der Waals surface area contributed by atoms with Gasteiger partial charge in [-0.05, 0) is 63.1 Å². The summed E-state index contributed by atoms with van der Waals surface area (Å²) in [5.74, 6) is 0.520. The molecule has 0 unspecified atom stereocenters. The van der Waals surface area contributed by atoms with Crippen LogP contribution in [0.2, 0.25) is 0 Å². The van der Waals surface area contributed by atoms with Crippen LogP contribution in [0.5, 0.6) is 0 Å². The van der Waals surface area contributed by atoms with E-state index in [4.69, 9.17) is 4.98 Å². The maximum Gasteiger partial charge on any atom is 0.326 e. The number of rotatable bonds is 4. The van der Waals surface area contributed by atoms with Crippen LogP contribution >= 0.6 is 11.3 Å². The lowest BCUT2D eigenvalue weighted by Crippen LogP contribution is -2.51. The van der Waals surface area contributed by atoms with E-state index in [2.05, 4.69) is 39.1 Å². The van der Waals surface area contributed by atoms with Crippen LogP contribution in [0.4, 0.5) is 4.79 Å². The van der Waals surface area contributed by atoms with Crippen molar-refractivity contribution in [1.29, 1.82) is 0 Å². The number of nitrogens with zero attached hydrogens (tertiary/aromatic N) is 3. The molecule has 0 bridgehead atoms. The summed E-state index contributed by atoms with van der Waals surface area (Å²) in [7, 11) is 1.94. The van der Waals surface area contributed by atoms with Crippen LogP contribution in [-0.4, -0.2) is 46.0 Å². The fourth-order valence-electron chi connectivity index (χ4n) is 4.72. The second-order valence-corrected chi connectivity index (χ2v) is 11.0. The molecule has 1 saturated heterocycles. The predicted octanol–water partition coefficient (Wildman–Crippen LogP) is 4.77. The van der Waals surface area contributed by atoms with E-state index in [9.17, 15) is 9.59 Å². The highest BCUT2D eigenvalue weighted by Crippen LogP contribution is 2.43. The molecule has 1 aromatic carbocycles. The molecule has 162 valence electrons. The molecule has 30 heavy (non-hydrogen) atoms. The first-order chi connectivity index (χ1) is 14.1. The van der Waals surface area contributed by atoms with Crippen LogP contribution < -0.4 is 5.32 Å². The van der Waals surface area contributed by atoms with E-state index in [0.29, 0.717) is 5.92 Å². The molecule has 1 atom stereocenters. The minimum absolute atomic E-state index is 0.0103. The van der Waals surface area contributed by atoms with Gasteiger partial charge in [-0.1, -0.05) is 32.9 Å². The van der Waals surface area contributed by atoms with Gasteiger partial charge in [0.2, 0.25) is 0 Å². The number of carbonyl (C=O) groups excluding carboxylic acids is 2. The molecule has 2 fully saturated rings. The Hall–Kier alpha value is -1.99. The summed E-state index contributed by atoms with van der Waals surface area (Å²) in [6.45, 7) is 9.12. The third-order valence-electron chi connectivity index (χ3n) is 7.00. The van der Waals surface area contributed by atoms with Crippen molar-refractivity contribution in [3.63, 3.8) is 0 Å². The third kappa shape index (κ3) is 3.73. The number of fused-ring (bicyclic) bond motifs is 1. The summed E-state index contributed by atoms with van der Waals surface area (Å²) in [6, 6.07) is 7.82. The highest BCUT2D eigenvalue weighted by Gasteiger charge is 2.53. The number of urea groups is 1. The minimum Gasteiger partial charge on any atom is -0.323 e. The average Bonchev–Trinajstić information content (AvgIpc) is 3.22. The summed E-state index contributed by atoms with van der Waals surface area (Å²) < 4.78 is 1.15. The molecule has 2 aliphatic rings. The summed E-state index contributed by atoms with van der Waals surface area (Å²) in [5.41, 5.74) is 0.515. The molecule has 1 aliphatic heterocycles. The summed E-state index contributed by atoms with van der Waals surface area (Å²) >= 11 is 1.66. The molecule has 1 aliphatic carbocycles. The van der Waals surface area contributed by atoms with E-state index in [1.807, 2.05) is 30.1 Å². The van der Waals surface area contributed by atoms with Gasteiger partial charge in [0.1, 0.15) is 10.5 Å². The van der Waals surface area contributed by atoms with Crippen molar-refractivity contribution in [2.75, 3.05) is 13.7 Å². The molecular formula is C23H32N4O2S. The van der Waals surface area contributed by atoms with Crippen molar-refractivity contribution >= 4 is 33.5 Å². The topological polar surface area (TPSA) is 65.5 Å². The van der Waals surface area contributed by atoms with Gasteiger partial charge < -0.3 is 5.32 Å². The number of carbonyl (C=O) groups is 2. The lowest BCUT2D eigenvalue weighted by Gasteiger charge is -2.40. The Balaban J connectivity index is 1.44. The fraction of sp³-hybridized carbons (Fsp3) is 0.609. The normalized spacial score (nSPS) is 26.1. The van der Waals surface area contributed by atoms with Crippen LogP contribution in [0, 0.1) is 11.3 Å². The number of imide groups is 1. The fourth-order valence-corrected chi connectivity index (χ4v) is 5.81. The van der Waals surface area contributed by atoms with Gasteiger partial charge in [0, 0.05) is 0 Å². The van der Waals surface area contributed by atoms with E-state index in [-0.39, 0.29) is 30.1 Å². The number of nitrogens with one attached hydrogen (secondary N) is 1. The molecular weight excluding hydrogens is 396 g/mol. The zero-order valence-corrected chi connectivity index (χ0v) is 19.4. The summed E-state index contributed by atoms with van der Waals surface area (Å²) in [5, 5.41) is 4.04. The Labute approximate surface area is 182 Å². The van der Waals surface area contributed by atoms with Gasteiger partial charge in [-0.3, -0.25) is 9.69 Å². The molecule has 1 aromatic heterocycles. The van der Waals surface area contributed by atoms with Crippen molar-refractivity contribution in [3.8, 4) is 0 Å². The van der Waals surface area contributed by atoms with Crippen molar-refractivity contribution in [2.45, 2.75) is 65.0 Å². The summed E-state index contributed by atoms with van der Waals surface area (Å²) in [4.78, 5) is 34.2. The zero-order chi connectivity index (χ0) is 21.7. The number of para-hydroxylation sites is 1. The van der Waals surface area contributed by atoms with Crippen molar-refractivity contribution in [2.24, 2.45) is 11.3 Å². The Kier molecular flexibility index (Phi) is 5.39. The molecule has 7 heteroatoms. The maximum atomic E-state index is 13.3. The lowest BCUT2D eigenvalue weighted by molar-refractivity contribution is -0.134. The van der Waals surface area contributed by atoms with E-state index in [1.165, 1.54) is 4.90 Å². The number of thiazole rings is 1. The first-order valence-corrected chi connectivity index (χ1v) is 11.6. The highest BCUT2D eigenvalue weighted by molar-refractivity contribution is 7.18. The van der Waals surface area contributed by atoms with E-state index in [0.717, 1.165) is 40.9 Å². The summed E-state index contributed by atoms with van der Waals surface area (Å²) in [6.07, 6.45) is 3.41. The lowest BCUT2D eigenvalue weighted by atomic mass is 9.67. The van der Waals surface area contributed by atoms with Crippen molar-refractivity contribution in [1.82, 2.24) is 20.1 Å². The number of hydrogen-bond donors (Lipinski definition) is 1. The second kappa shape index (κ2) is 7.61. The third-order valence-corrected chi connectivity index (χ3v) is 8.21. The van der Waals surface area contributed by atoms with Gasteiger partial charge >= 0.3 is 6.03 Å². The first kappa shape index (κ1) is 21.2. The van der Waals surface area contributed by atoms with Gasteiger partial charge in [-0.25, -0.2) is 14.7 Å². The largest absolute Gasteiger partial charge is 0.326 e. The maximum absolute atomic E-state index is 13.3. The molecule has 1 saturated carbocycles. The van der Waals surface area contributed by atoms with Gasteiger partial charge in [0.25, 0.3) is 5.91 Å². The minimum atomic E-state index is -0.710. The Morgan fingerprint density at radius 3 is 2.57 bits per heavy atom. The predicted molar refractivity (Wildman–Crippen MR) is 120 cm³/mol. The average molecular weight is 429 g/mol. The Morgan fingerprint density at radius 2 is 1.93 bits per heavy atom. The van der Waals surface area contributed by atoms with Gasteiger partial charge in [-0.2, -0.15) is 0 Å². The zero-order valence-electron chi connectivity index (χ0n) is 18.6. The second-order valence-electron chi connectivity index (χ2n) is 9.98. The number of amides is 3. The van der Waals surface area contributed by atoms with Crippen LogP contribution in [0.1, 0.15) is 64.4 Å².